The molecule has 0 unspecified atom stereocenters. The van der Waals surface area contributed by atoms with Gasteiger partial charge in [-0.05, 0) is 79.9 Å². The lowest BCUT2D eigenvalue weighted by atomic mass is 9.92. The van der Waals surface area contributed by atoms with Gasteiger partial charge in [0.1, 0.15) is 0 Å². The van der Waals surface area contributed by atoms with Crippen molar-refractivity contribution in [2.24, 2.45) is 0 Å². The van der Waals surface area contributed by atoms with E-state index in [4.69, 9.17) is 5.11 Å². The van der Waals surface area contributed by atoms with Crippen LogP contribution in [0.2, 0.25) is 0 Å². The van der Waals surface area contributed by atoms with Crippen LogP contribution in [0.15, 0.2) is 66.7 Å². The zero-order valence-electron chi connectivity index (χ0n) is 22.2. The number of amides is 3. The second-order valence-electron chi connectivity index (χ2n) is 10.2. The number of anilines is 3. The Morgan fingerprint density at radius 1 is 0.923 bits per heavy atom. The summed E-state index contributed by atoms with van der Waals surface area (Å²) in [5.74, 6) is -1.18. The van der Waals surface area contributed by atoms with Gasteiger partial charge in [-0.15, -0.1) is 0 Å². The number of Topliss-reactive ketones (excluding diaryl/α,β-unsaturated/α-hetero) is 1. The highest BCUT2D eigenvalue weighted by atomic mass is 16.4. The number of hydrogen-bond acceptors (Lipinski definition) is 5. The number of carboxylic acid groups (broad SMARTS) is 1. The van der Waals surface area contributed by atoms with Crippen LogP contribution in [0.25, 0.3) is 0 Å². The Labute approximate surface area is 227 Å². The molecule has 0 saturated carbocycles. The summed E-state index contributed by atoms with van der Waals surface area (Å²) in [7, 11) is 0. The van der Waals surface area contributed by atoms with Gasteiger partial charge in [-0.25, -0.2) is 4.79 Å². The lowest BCUT2D eigenvalue weighted by Gasteiger charge is -2.30. The first-order valence-electron chi connectivity index (χ1n) is 12.7. The number of benzene rings is 3. The van der Waals surface area contributed by atoms with E-state index in [-0.39, 0.29) is 37.1 Å². The predicted octanol–water partition coefficient (Wildman–Crippen LogP) is 5.07. The van der Waals surface area contributed by atoms with E-state index in [1.54, 1.807) is 43.0 Å². The van der Waals surface area contributed by atoms with Crippen molar-refractivity contribution in [3.05, 3.63) is 89.0 Å². The second-order valence-corrected chi connectivity index (χ2v) is 10.2. The normalized spacial score (nSPS) is 12.9. The number of carboxylic acids is 1. The number of nitrogens with one attached hydrogen (secondary N) is 3. The predicted molar refractivity (Wildman–Crippen MR) is 150 cm³/mol. The molecule has 3 aromatic carbocycles. The summed E-state index contributed by atoms with van der Waals surface area (Å²) < 4.78 is 0. The maximum atomic E-state index is 13.3. The van der Waals surface area contributed by atoms with E-state index in [1.165, 1.54) is 0 Å². The number of aryl methyl sites for hydroxylation is 1. The molecular formula is C30H32N4O5. The lowest BCUT2D eigenvalue weighted by Crippen LogP contribution is -2.40. The van der Waals surface area contributed by atoms with Gasteiger partial charge in [0.15, 0.2) is 5.78 Å². The first-order valence-corrected chi connectivity index (χ1v) is 12.7. The Hall–Kier alpha value is -4.66. The van der Waals surface area contributed by atoms with Gasteiger partial charge in [0.25, 0.3) is 0 Å². The van der Waals surface area contributed by atoms with E-state index in [0.717, 1.165) is 22.4 Å². The molecule has 0 aromatic heterocycles. The smallest absolute Gasteiger partial charge is 0.323 e. The Balaban J connectivity index is 1.38. The molecule has 0 aliphatic carbocycles. The molecule has 3 amide bonds. The Morgan fingerprint density at radius 2 is 1.62 bits per heavy atom. The fourth-order valence-corrected chi connectivity index (χ4v) is 4.51. The number of fused-ring (bicyclic) bond motifs is 1. The molecule has 0 bridgehead atoms. The summed E-state index contributed by atoms with van der Waals surface area (Å²) in [5.41, 5.74) is 4.30. The van der Waals surface area contributed by atoms with E-state index in [1.807, 2.05) is 49.4 Å². The molecule has 1 aliphatic heterocycles. The van der Waals surface area contributed by atoms with Crippen molar-refractivity contribution >= 4 is 40.8 Å². The standard InChI is InChI=1S/C30H32N4O5/c1-19-6-4-5-7-25(19)32-29(39)31-23-11-8-20(9-12-23)28(38)30(2,3)33-24-13-10-21-18-34(15-14-27(36)37)26(35)17-22(21)16-24/h4-13,16,33H,14-15,17-18H2,1-3H3,(H,36,37)(H2,31,32,39). The zero-order chi connectivity index (χ0) is 28.2. The molecule has 0 atom stereocenters. The van der Waals surface area contributed by atoms with E-state index in [0.29, 0.717) is 23.5 Å². The van der Waals surface area contributed by atoms with Gasteiger partial charge in [0.05, 0.1) is 18.4 Å². The largest absolute Gasteiger partial charge is 0.481 e. The molecule has 1 aliphatic rings. The molecule has 0 radical (unpaired) electrons. The topological polar surface area (TPSA) is 128 Å². The number of nitrogens with zero attached hydrogens (tertiary/aromatic N) is 1. The van der Waals surface area contributed by atoms with Gasteiger partial charge in [-0.2, -0.15) is 0 Å². The SMILES string of the molecule is Cc1ccccc1NC(=O)Nc1ccc(C(=O)C(C)(C)Nc2ccc3c(c2)CC(=O)N(CCC(=O)O)C3)cc1. The monoisotopic (exact) mass is 528 g/mol. The molecular weight excluding hydrogens is 496 g/mol. The third kappa shape index (κ3) is 6.81. The second kappa shape index (κ2) is 11.4. The first-order chi connectivity index (χ1) is 18.5. The van der Waals surface area contributed by atoms with Crippen molar-refractivity contribution in [3.63, 3.8) is 0 Å². The summed E-state index contributed by atoms with van der Waals surface area (Å²) in [5, 5.41) is 17.8. The number of carbonyl (C=O) groups excluding carboxylic acids is 3. The molecule has 0 saturated heterocycles. The van der Waals surface area contributed by atoms with Crippen LogP contribution < -0.4 is 16.0 Å². The minimum atomic E-state index is -0.947. The minimum Gasteiger partial charge on any atom is -0.481 e. The van der Waals surface area contributed by atoms with E-state index in [2.05, 4.69) is 16.0 Å². The summed E-state index contributed by atoms with van der Waals surface area (Å²) in [4.78, 5) is 50.6. The van der Waals surface area contributed by atoms with Crippen LogP contribution in [0.3, 0.4) is 0 Å². The third-order valence-corrected chi connectivity index (χ3v) is 6.68. The molecule has 0 spiro atoms. The van der Waals surface area contributed by atoms with Gasteiger partial charge >= 0.3 is 12.0 Å². The number of carbonyl (C=O) groups is 4. The van der Waals surface area contributed by atoms with E-state index >= 15 is 0 Å². The highest BCUT2D eigenvalue weighted by Gasteiger charge is 2.29. The highest BCUT2D eigenvalue weighted by Crippen LogP contribution is 2.27. The lowest BCUT2D eigenvalue weighted by molar-refractivity contribution is -0.138. The molecule has 4 N–H and O–H groups in total. The van der Waals surface area contributed by atoms with Crippen LogP contribution in [0, 0.1) is 6.92 Å². The Morgan fingerprint density at radius 3 is 2.31 bits per heavy atom. The van der Waals surface area contributed by atoms with Crippen LogP contribution in [0.4, 0.5) is 21.9 Å². The van der Waals surface area contributed by atoms with Crippen LogP contribution in [-0.4, -0.2) is 45.8 Å². The minimum absolute atomic E-state index is 0.0887. The average molecular weight is 529 g/mol. The fraction of sp³-hybridized carbons (Fsp3) is 0.267. The molecule has 9 nitrogen and oxygen atoms in total. The first kappa shape index (κ1) is 27.4. The summed E-state index contributed by atoms with van der Waals surface area (Å²) >= 11 is 0. The number of ketones is 1. The quantitative estimate of drug-likeness (QED) is 0.287. The van der Waals surface area contributed by atoms with Gasteiger partial charge in [0.2, 0.25) is 5.91 Å². The van der Waals surface area contributed by atoms with Crippen LogP contribution in [0.5, 0.6) is 0 Å². The molecule has 0 fully saturated rings. The molecule has 4 rings (SSSR count). The van der Waals surface area contributed by atoms with Crippen molar-refractivity contribution in [1.29, 1.82) is 0 Å². The van der Waals surface area contributed by atoms with Crippen LogP contribution >= 0.6 is 0 Å². The highest BCUT2D eigenvalue weighted by molar-refractivity contribution is 6.05. The van der Waals surface area contributed by atoms with Gasteiger partial charge in [0, 0.05) is 35.7 Å². The number of rotatable bonds is 9. The third-order valence-electron chi connectivity index (χ3n) is 6.68. The van der Waals surface area contributed by atoms with Crippen molar-refractivity contribution in [2.75, 3.05) is 22.5 Å². The van der Waals surface area contributed by atoms with Crippen LogP contribution in [0.1, 0.15) is 47.3 Å². The van der Waals surface area contributed by atoms with Gasteiger partial charge < -0.3 is 26.0 Å². The van der Waals surface area contributed by atoms with E-state index in [9.17, 15) is 19.2 Å². The number of urea groups is 1. The van der Waals surface area contributed by atoms with Gasteiger partial charge in [-0.3, -0.25) is 14.4 Å². The Bertz CT molecular complexity index is 1420. The zero-order valence-corrected chi connectivity index (χ0v) is 22.2. The van der Waals surface area contributed by atoms with Crippen molar-refractivity contribution in [2.45, 2.75) is 45.7 Å². The molecule has 202 valence electrons. The maximum absolute atomic E-state index is 13.3. The molecule has 3 aromatic rings. The molecule has 1 heterocycles. The number of para-hydroxylation sites is 1. The number of aliphatic carboxylic acids is 1. The van der Waals surface area contributed by atoms with Crippen molar-refractivity contribution in [1.82, 2.24) is 4.90 Å². The number of hydrogen-bond donors (Lipinski definition) is 4. The summed E-state index contributed by atoms with van der Waals surface area (Å²) in [6.45, 7) is 6.03. The maximum Gasteiger partial charge on any atom is 0.323 e. The van der Waals surface area contributed by atoms with Gasteiger partial charge in [-0.1, -0.05) is 24.3 Å². The summed E-state index contributed by atoms with van der Waals surface area (Å²) in [6, 6.07) is 19.5. The average Bonchev–Trinajstić information content (AvgIpc) is 2.88. The molecule has 39 heavy (non-hydrogen) atoms. The summed E-state index contributed by atoms with van der Waals surface area (Å²) in [6.07, 6.45) is 0.0966. The van der Waals surface area contributed by atoms with Crippen molar-refractivity contribution in [3.8, 4) is 0 Å². The fourth-order valence-electron chi connectivity index (χ4n) is 4.51. The van der Waals surface area contributed by atoms with E-state index < -0.39 is 11.5 Å². The van der Waals surface area contributed by atoms with Crippen molar-refractivity contribution < 1.29 is 24.3 Å². The molecule has 9 heteroatoms. The Kier molecular flexibility index (Phi) is 7.99. The van der Waals surface area contributed by atoms with Crippen LogP contribution in [-0.2, 0) is 22.6 Å².